The molecular weight excluding hydrogens is 875 g/mol. The highest BCUT2D eigenvalue weighted by Gasteiger charge is 2.44. The van der Waals surface area contributed by atoms with Crippen LogP contribution in [0.25, 0.3) is 0 Å². The van der Waals surface area contributed by atoms with Gasteiger partial charge in [0.15, 0.2) is 6.29 Å². The summed E-state index contributed by atoms with van der Waals surface area (Å²) >= 11 is 0. The number of allylic oxidation sites excluding steroid dienone is 15. The van der Waals surface area contributed by atoms with Crippen LogP contribution < -0.4 is 5.32 Å². The van der Waals surface area contributed by atoms with E-state index in [0.29, 0.717) is 6.42 Å². The molecule has 0 aromatic rings. The smallest absolute Gasteiger partial charge is 0.220 e. The van der Waals surface area contributed by atoms with Crippen molar-refractivity contribution >= 4 is 5.91 Å². The van der Waals surface area contributed by atoms with E-state index >= 15 is 0 Å². The van der Waals surface area contributed by atoms with E-state index in [9.17, 15) is 30.3 Å². The van der Waals surface area contributed by atoms with Crippen molar-refractivity contribution in [1.29, 1.82) is 0 Å². The molecule has 1 rings (SSSR count). The van der Waals surface area contributed by atoms with Crippen molar-refractivity contribution in [3.05, 3.63) is 97.2 Å². The van der Waals surface area contributed by atoms with E-state index in [1.807, 2.05) is 6.08 Å². The first-order valence-corrected chi connectivity index (χ1v) is 28.5. The summed E-state index contributed by atoms with van der Waals surface area (Å²) in [5, 5.41) is 54.5. The van der Waals surface area contributed by atoms with Gasteiger partial charge in [-0.1, -0.05) is 246 Å². The van der Waals surface area contributed by atoms with E-state index < -0.39 is 49.5 Å². The van der Waals surface area contributed by atoms with Crippen molar-refractivity contribution in [3.63, 3.8) is 0 Å². The maximum absolute atomic E-state index is 13.0. The van der Waals surface area contributed by atoms with Crippen LogP contribution >= 0.6 is 0 Å². The van der Waals surface area contributed by atoms with E-state index in [0.717, 1.165) is 70.6 Å². The summed E-state index contributed by atoms with van der Waals surface area (Å²) in [6.07, 6.45) is 64.7. The lowest BCUT2D eigenvalue weighted by Crippen LogP contribution is -2.60. The van der Waals surface area contributed by atoms with Gasteiger partial charge in [0.1, 0.15) is 24.4 Å². The van der Waals surface area contributed by atoms with Gasteiger partial charge in [-0.3, -0.25) is 4.79 Å². The lowest BCUT2D eigenvalue weighted by atomic mass is 9.99. The summed E-state index contributed by atoms with van der Waals surface area (Å²) in [6.45, 7) is 3.64. The molecule has 1 saturated heterocycles. The molecule has 1 amide bonds. The highest BCUT2D eigenvalue weighted by atomic mass is 16.7. The third-order valence-corrected chi connectivity index (χ3v) is 12.9. The van der Waals surface area contributed by atoms with Crippen LogP contribution in [0.3, 0.4) is 0 Å². The zero-order chi connectivity index (χ0) is 50.8. The van der Waals surface area contributed by atoms with Gasteiger partial charge >= 0.3 is 0 Å². The SMILES string of the molecule is CC/C=C\C/C=C\C/C=C\C/C=C\C/C=C\C/C=C\C/C=C\CCCC(=O)NC(COC1OC(CO)C(O)C(O)C1O)C(O)/C=C/CCCCCCCCCCCCCCCCCCCCCCCC. The van der Waals surface area contributed by atoms with Gasteiger partial charge in [-0.25, -0.2) is 0 Å². The van der Waals surface area contributed by atoms with Crippen LogP contribution in [-0.2, 0) is 14.3 Å². The lowest BCUT2D eigenvalue weighted by molar-refractivity contribution is -0.302. The minimum atomic E-state index is -1.58. The van der Waals surface area contributed by atoms with Gasteiger partial charge in [-0.15, -0.1) is 0 Å². The van der Waals surface area contributed by atoms with Crippen molar-refractivity contribution in [2.24, 2.45) is 0 Å². The van der Waals surface area contributed by atoms with Crippen LogP contribution in [0.15, 0.2) is 97.2 Å². The first kappa shape index (κ1) is 65.1. The molecule has 9 heteroatoms. The third kappa shape index (κ3) is 38.7. The van der Waals surface area contributed by atoms with Crippen molar-refractivity contribution in [1.82, 2.24) is 5.32 Å². The fourth-order valence-corrected chi connectivity index (χ4v) is 8.44. The van der Waals surface area contributed by atoms with E-state index in [4.69, 9.17) is 9.47 Å². The van der Waals surface area contributed by atoms with E-state index in [-0.39, 0.29) is 18.9 Å². The molecule has 1 heterocycles. The second-order valence-electron chi connectivity index (χ2n) is 19.4. The molecule has 1 aliphatic rings. The summed E-state index contributed by atoms with van der Waals surface area (Å²) in [7, 11) is 0. The molecule has 70 heavy (non-hydrogen) atoms. The van der Waals surface area contributed by atoms with E-state index in [1.54, 1.807) is 6.08 Å². The number of amides is 1. The average molecular weight is 981 g/mol. The number of nitrogens with one attached hydrogen (secondary N) is 1. The summed E-state index contributed by atoms with van der Waals surface area (Å²) in [5.41, 5.74) is 0. The van der Waals surface area contributed by atoms with Crippen LogP contribution in [0.2, 0.25) is 0 Å². The van der Waals surface area contributed by atoms with Gasteiger partial charge in [-0.05, 0) is 70.6 Å². The summed E-state index contributed by atoms with van der Waals surface area (Å²) in [5.74, 6) is -0.236. The number of carbonyl (C=O) groups excluding carboxylic acids is 1. The molecule has 1 aliphatic heterocycles. The largest absolute Gasteiger partial charge is 0.394 e. The normalized spacial score (nSPS) is 20.1. The van der Waals surface area contributed by atoms with Crippen molar-refractivity contribution in [3.8, 4) is 0 Å². The predicted molar refractivity (Wildman–Crippen MR) is 294 cm³/mol. The zero-order valence-corrected chi connectivity index (χ0v) is 44.5. The fraction of sp³-hybridized carbons (Fsp3) is 0.721. The molecule has 0 radical (unpaired) electrons. The van der Waals surface area contributed by atoms with Crippen LogP contribution in [0.1, 0.15) is 226 Å². The Morgan fingerprint density at radius 3 is 1.30 bits per heavy atom. The fourth-order valence-electron chi connectivity index (χ4n) is 8.44. The minimum absolute atomic E-state index is 0.217. The number of rotatable bonds is 47. The van der Waals surface area contributed by atoms with Crippen LogP contribution in [0.5, 0.6) is 0 Å². The summed E-state index contributed by atoms with van der Waals surface area (Å²) in [6, 6.07) is -0.843. The Hall–Kier alpha value is -2.89. The Balaban J connectivity index is 2.31. The Morgan fingerprint density at radius 2 is 0.886 bits per heavy atom. The Kier molecular flexibility index (Phi) is 46.2. The van der Waals surface area contributed by atoms with Crippen molar-refractivity contribution in [2.75, 3.05) is 13.2 Å². The Bertz CT molecular complexity index is 1420. The van der Waals surface area contributed by atoms with Gasteiger partial charge in [0, 0.05) is 6.42 Å². The van der Waals surface area contributed by atoms with Gasteiger partial charge in [0.2, 0.25) is 5.91 Å². The second-order valence-corrected chi connectivity index (χ2v) is 19.4. The molecule has 0 aromatic heterocycles. The van der Waals surface area contributed by atoms with Gasteiger partial charge in [0.25, 0.3) is 0 Å². The quantitative estimate of drug-likeness (QED) is 0.0261. The number of carbonyl (C=O) groups is 1. The molecule has 9 nitrogen and oxygen atoms in total. The summed E-state index contributed by atoms with van der Waals surface area (Å²) in [4.78, 5) is 13.0. The first-order chi connectivity index (χ1) is 34.3. The Labute approximate surface area is 428 Å². The second kappa shape index (κ2) is 49.7. The summed E-state index contributed by atoms with van der Waals surface area (Å²) < 4.78 is 11.2. The number of hydrogen-bond donors (Lipinski definition) is 6. The number of aliphatic hydroxyl groups excluding tert-OH is 5. The molecule has 0 aromatic carbocycles. The molecule has 0 spiro atoms. The molecule has 7 atom stereocenters. The predicted octanol–water partition coefficient (Wildman–Crippen LogP) is 14.0. The minimum Gasteiger partial charge on any atom is -0.394 e. The molecule has 0 aliphatic carbocycles. The van der Waals surface area contributed by atoms with Crippen LogP contribution in [0, 0.1) is 0 Å². The van der Waals surface area contributed by atoms with Gasteiger partial charge < -0.3 is 40.3 Å². The first-order valence-electron chi connectivity index (χ1n) is 28.5. The zero-order valence-electron chi connectivity index (χ0n) is 44.5. The molecule has 0 bridgehead atoms. The van der Waals surface area contributed by atoms with Crippen molar-refractivity contribution in [2.45, 2.75) is 269 Å². The maximum atomic E-state index is 13.0. The third-order valence-electron chi connectivity index (χ3n) is 12.9. The van der Waals surface area contributed by atoms with Crippen LogP contribution in [-0.4, -0.2) is 87.5 Å². The van der Waals surface area contributed by atoms with Gasteiger partial charge in [-0.2, -0.15) is 0 Å². The lowest BCUT2D eigenvalue weighted by Gasteiger charge is -2.40. The molecule has 0 saturated carbocycles. The maximum Gasteiger partial charge on any atom is 0.220 e. The monoisotopic (exact) mass is 980 g/mol. The number of unbranched alkanes of at least 4 members (excludes halogenated alkanes) is 23. The van der Waals surface area contributed by atoms with Crippen molar-refractivity contribution < 1.29 is 39.8 Å². The topological polar surface area (TPSA) is 149 Å². The number of hydrogen-bond acceptors (Lipinski definition) is 8. The highest BCUT2D eigenvalue weighted by molar-refractivity contribution is 5.76. The highest BCUT2D eigenvalue weighted by Crippen LogP contribution is 2.23. The average Bonchev–Trinajstić information content (AvgIpc) is 3.36. The molecule has 6 N–H and O–H groups in total. The standard InChI is InChI=1S/C61H105NO8/c1-3-5-7-9-11-13-15-17-19-21-23-25-27-29-30-32-34-36-38-40-42-44-46-48-50-55(64)54(53-69-61-60(68)59(67)58(66)56(52-63)70-61)62-57(65)51-49-47-45-43-41-39-37-35-33-31-28-26-24-22-20-18-16-14-12-10-8-6-4-2/h6,8,12,14,18,20,24,26,31,33,37,39,43,45,48,50,54-56,58-61,63-64,66-68H,3-5,7,9-11,13,15-17,19,21-23,25,27-30,32,34-36,38,40-42,44,46-47,49,51-53H2,1-2H3,(H,62,65)/b8-6-,14-12-,20-18-,26-24-,33-31-,39-37-,45-43-,50-48+. The number of ether oxygens (including phenoxy) is 2. The molecule has 7 unspecified atom stereocenters. The number of aliphatic hydroxyl groups is 5. The molecule has 402 valence electrons. The van der Waals surface area contributed by atoms with Crippen LogP contribution in [0.4, 0.5) is 0 Å². The van der Waals surface area contributed by atoms with E-state index in [1.165, 1.54) is 128 Å². The molecule has 1 fully saturated rings. The Morgan fingerprint density at radius 1 is 0.500 bits per heavy atom. The van der Waals surface area contributed by atoms with E-state index in [2.05, 4.69) is 104 Å². The molecular formula is C61H105NO8. The van der Waals surface area contributed by atoms with Gasteiger partial charge in [0.05, 0.1) is 25.4 Å².